The Balaban J connectivity index is 1.16. The standard InChI is InChI=1S/C48H32N2S5/c1-4-14-33(15-5-1)49(35-24-28-45-47(30-35)54-43-22-12-10-20-41(43)52-45)39-27-26-38(51-37-18-8-3-9-19-37)32-40(39)50(34-16-6-2-7-17-34)36-25-29-46-48(31-36)55-44-23-13-11-21-42(44)53-46/h1-32H. The molecule has 2 heterocycles. The third kappa shape index (κ3) is 7.08. The molecule has 7 heteroatoms. The lowest BCUT2D eigenvalue weighted by Crippen LogP contribution is -2.17. The molecular weight excluding hydrogens is 765 g/mol. The molecule has 0 atom stereocenters. The zero-order valence-corrected chi connectivity index (χ0v) is 33.5. The van der Waals surface area contributed by atoms with Gasteiger partial charge in [0.2, 0.25) is 0 Å². The monoisotopic (exact) mass is 796 g/mol. The van der Waals surface area contributed by atoms with Crippen LogP contribution in [0, 0.1) is 0 Å². The SMILES string of the molecule is c1ccc(Sc2ccc(N(c3ccccc3)c3ccc4c(c3)Sc3ccccc3S4)c(N(c3ccccc3)c3ccc4c(c3)Sc3ccccc3S4)c2)cc1. The van der Waals surface area contributed by atoms with Gasteiger partial charge in [0.1, 0.15) is 0 Å². The van der Waals surface area contributed by atoms with Crippen LogP contribution in [0.3, 0.4) is 0 Å². The zero-order chi connectivity index (χ0) is 36.6. The molecule has 2 aliphatic heterocycles. The van der Waals surface area contributed by atoms with E-state index in [1.165, 1.54) is 49.0 Å². The van der Waals surface area contributed by atoms with E-state index in [9.17, 15) is 0 Å². The summed E-state index contributed by atoms with van der Waals surface area (Å²) in [4.78, 5) is 17.6. The maximum atomic E-state index is 2.44. The highest BCUT2D eigenvalue weighted by Crippen LogP contribution is 2.54. The molecule has 0 N–H and O–H groups in total. The van der Waals surface area contributed by atoms with Crippen LogP contribution in [0.2, 0.25) is 0 Å². The Bertz CT molecular complexity index is 2650. The summed E-state index contributed by atoms with van der Waals surface area (Å²) in [5.41, 5.74) is 6.61. The first-order chi connectivity index (χ1) is 27.2. The Morgan fingerprint density at radius 3 is 1.16 bits per heavy atom. The summed E-state index contributed by atoms with van der Waals surface area (Å²) in [5, 5.41) is 0. The molecule has 0 bridgehead atoms. The van der Waals surface area contributed by atoms with Crippen molar-refractivity contribution in [3.63, 3.8) is 0 Å². The zero-order valence-electron chi connectivity index (χ0n) is 29.4. The van der Waals surface area contributed by atoms with Crippen molar-refractivity contribution in [2.75, 3.05) is 9.80 Å². The molecule has 0 saturated heterocycles. The van der Waals surface area contributed by atoms with Gasteiger partial charge in [0.15, 0.2) is 0 Å². The van der Waals surface area contributed by atoms with Crippen LogP contribution in [0.4, 0.5) is 34.1 Å². The van der Waals surface area contributed by atoms with Gasteiger partial charge in [-0.2, -0.15) is 0 Å². The molecule has 0 aliphatic carbocycles. The number of para-hydroxylation sites is 2. The summed E-state index contributed by atoms with van der Waals surface area (Å²) in [7, 11) is 0. The normalized spacial score (nSPS) is 12.5. The Kier molecular flexibility index (Phi) is 9.64. The first kappa shape index (κ1) is 34.6. The van der Waals surface area contributed by atoms with Crippen LogP contribution in [0.15, 0.2) is 243 Å². The second kappa shape index (κ2) is 15.3. The van der Waals surface area contributed by atoms with Gasteiger partial charge in [-0.25, -0.2) is 0 Å². The average Bonchev–Trinajstić information content (AvgIpc) is 3.24. The van der Waals surface area contributed by atoms with Gasteiger partial charge in [-0.3, -0.25) is 0 Å². The lowest BCUT2D eigenvalue weighted by Gasteiger charge is -2.34. The second-order valence-electron chi connectivity index (χ2n) is 13.0. The minimum Gasteiger partial charge on any atom is -0.308 e. The number of fused-ring (bicyclic) bond motifs is 4. The number of rotatable bonds is 8. The fraction of sp³-hybridized carbons (Fsp3) is 0. The number of anilines is 6. The molecule has 0 saturated carbocycles. The molecular formula is C48H32N2S5. The quantitative estimate of drug-likeness (QED) is 0.149. The van der Waals surface area contributed by atoms with E-state index in [0.29, 0.717) is 0 Å². The Labute approximate surface area is 343 Å². The van der Waals surface area contributed by atoms with Crippen LogP contribution in [0.1, 0.15) is 0 Å². The predicted molar refractivity (Wildman–Crippen MR) is 236 cm³/mol. The topological polar surface area (TPSA) is 6.48 Å². The molecule has 55 heavy (non-hydrogen) atoms. The van der Waals surface area contributed by atoms with Crippen LogP contribution in [-0.4, -0.2) is 0 Å². The van der Waals surface area contributed by atoms with E-state index in [1.807, 2.05) is 47.0 Å². The van der Waals surface area contributed by atoms with Crippen LogP contribution in [0.25, 0.3) is 0 Å². The fourth-order valence-electron chi connectivity index (χ4n) is 6.88. The minimum atomic E-state index is 1.09. The molecule has 264 valence electrons. The van der Waals surface area contributed by atoms with Gasteiger partial charge in [-0.15, -0.1) is 0 Å². The highest BCUT2D eigenvalue weighted by atomic mass is 32.2. The Morgan fingerprint density at radius 1 is 0.273 bits per heavy atom. The second-order valence-corrected chi connectivity index (χ2v) is 18.5. The van der Waals surface area contributed by atoms with Gasteiger partial charge >= 0.3 is 0 Å². The molecule has 2 nitrogen and oxygen atoms in total. The van der Waals surface area contributed by atoms with Gasteiger partial charge in [0.25, 0.3) is 0 Å². The molecule has 0 amide bonds. The molecule has 0 aromatic heterocycles. The van der Waals surface area contributed by atoms with Crippen LogP contribution >= 0.6 is 58.8 Å². The van der Waals surface area contributed by atoms with E-state index >= 15 is 0 Å². The van der Waals surface area contributed by atoms with Crippen LogP contribution in [0.5, 0.6) is 0 Å². The Hall–Kier alpha value is -4.89. The molecule has 8 aromatic carbocycles. The summed E-state index contributed by atoms with van der Waals surface area (Å²) >= 11 is 9.21. The van der Waals surface area contributed by atoms with Gasteiger partial charge in [0.05, 0.1) is 11.4 Å². The summed E-state index contributed by atoms with van der Waals surface area (Å²) in [6, 6.07) is 70.5. The van der Waals surface area contributed by atoms with Crippen molar-refractivity contribution < 1.29 is 0 Å². The van der Waals surface area contributed by atoms with Gasteiger partial charge < -0.3 is 9.80 Å². The van der Waals surface area contributed by atoms with E-state index in [0.717, 1.165) is 34.1 Å². The van der Waals surface area contributed by atoms with Crippen molar-refractivity contribution in [3.8, 4) is 0 Å². The van der Waals surface area contributed by atoms with Gasteiger partial charge in [-0.05, 0) is 115 Å². The lowest BCUT2D eigenvalue weighted by molar-refractivity contribution is 1.13. The van der Waals surface area contributed by atoms with Crippen LogP contribution < -0.4 is 9.80 Å². The summed E-state index contributed by atoms with van der Waals surface area (Å²) in [6.07, 6.45) is 0. The Morgan fingerprint density at radius 2 is 0.673 bits per heavy atom. The van der Waals surface area contributed by atoms with Crippen molar-refractivity contribution in [2.24, 2.45) is 0 Å². The highest BCUT2D eigenvalue weighted by Gasteiger charge is 2.26. The molecule has 10 rings (SSSR count). The van der Waals surface area contributed by atoms with E-state index in [1.54, 1.807) is 11.8 Å². The lowest BCUT2D eigenvalue weighted by atomic mass is 10.1. The number of hydrogen-bond acceptors (Lipinski definition) is 7. The number of nitrogens with zero attached hydrogens (tertiary/aromatic N) is 2. The van der Waals surface area contributed by atoms with Gasteiger partial charge in [0, 0.05) is 71.7 Å². The van der Waals surface area contributed by atoms with E-state index in [4.69, 9.17) is 0 Å². The van der Waals surface area contributed by atoms with Crippen LogP contribution in [-0.2, 0) is 0 Å². The molecule has 8 aromatic rings. The average molecular weight is 797 g/mol. The molecule has 2 aliphatic rings. The van der Waals surface area contributed by atoms with E-state index < -0.39 is 0 Å². The first-order valence-electron chi connectivity index (χ1n) is 18.0. The van der Waals surface area contributed by atoms with Crippen molar-refractivity contribution >= 4 is 92.9 Å². The summed E-state index contributed by atoms with van der Waals surface area (Å²) in [6.45, 7) is 0. The predicted octanol–water partition coefficient (Wildman–Crippen LogP) is 16.0. The highest BCUT2D eigenvalue weighted by molar-refractivity contribution is 8.05. The smallest absolute Gasteiger partial charge is 0.0713 e. The maximum Gasteiger partial charge on any atom is 0.0713 e. The van der Waals surface area contributed by atoms with Crippen molar-refractivity contribution in [1.29, 1.82) is 0 Å². The largest absolute Gasteiger partial charge is 0.308 e. The molecule has 0 unspecified atom stereocenters. The van der Waals surface area contributed by atoms with Crippen molar-refractivity contribution in [1.82, 2.24) is 0 Å². The fourth-order valence-corrected chi connectivity index (χ4v) is 12.2. The van der Waals surface area contributed by atoms with Gasteiger partial charge in [-0.1, -0.05) is 138 Å². The number of benzene rings is 8. The van der Waals surface area contributed by atoms with E-state index in [2.05, 4.69) is 204 Å². The molecule has 0 spiro atoms. The maximum absolute atomic E-state index is 2.44. The van der Waals surface area contributed by atoms with E-state index in [-0.39, 0.29) is 0 Å². The van der Waals surface area contributed by atoms with Crippen molar-refractivity contribution in [3.05, 3.63) is 194 Å². The van der Waals surface area contributed by atoms with Crippen molar-refractivity contribution in [2.45, 2.75) is 49.0 Å². The molecule has 0 radical (unpaired) electrons. The summed E-state index contributed by atoms with van der Waals surface area (Å²) in [5.74, 6) is 0. The molecule has 0 fully saturated rings. The first-order valence-corrected chi connectivity index (χ1v) is 22.1. The minimum absolute atomic E-state index is 1.09. The third-order valence-electron chi connectivity index (χ3n) is 9.39. The number of hydrogen-bond donors (Lipinski definition) is 0. The third-order valence-corrected chi connectivity index (χ3v) is 15.5. The summed E-state index contributed by atoms with van der Waals surface area (Å²) < 4.78 is 0.